The number of anilines is 2. The lowest BCUT2D eigenvalue weighted by atomic mass is 10.1. The first-order valence-electron chi connectivity index (χ1n) is 7.59. The zero-order chi connectivity index (χ0) is 17.1. The first kappa shape index (κ1) is 18.5. The molecule has 0 radical (unpaired) electrons. The van der Waals surface area contributed by atoms with Gasteiger partial charge >= 0.3 is 0 Å². The normalized spacial score (nSPS) is 10.9. The average molecular weight is 315 g/mol. The van der Waals surface area contributed by atoms with Gasteiger partial charge in [-0.15, -0.1) is 0 Å². The van der Waals surface area contributed by atoms with Gasteiger partial charge in [-0.1, -0.05) is 30.4 Å². The Labute approximate surface area is 137 Å². The number of hydrogen-bond acceptors (Lipinski definition) is 4. The molecule has 0 aliphatic rings. The third-order valence-electron chi connectivity index (χ3n) is 3.24. The Hall–Kier alpha value is -2.53. The van der Waals surface area contributed by atoms with Crippen LogP contribution in [0.15, 0.2) is 48.6 Å². The van der Waals surface area contributed by atoms with E-state index in [1.54, 1.807) is 11.6 Å². The summed E-state index contributed by atoms with van der Waals surface area (Å²) in [6, 6.07) is 5.80. The quantitative estimate of drug-likeness (QED) is 0.185. The highest BCUT2D eigenvalue weighted by molar-refractivity contribution is 5.91. The third kappa shape index (κ3) is 6.84. The van der Waals surface area contributed by atoms with Crippen LogP contribution in [0.4, 0.5) is 11.4 Å². The molecule has 1 rings (SSSR count). The van der Waals surface area contributed by atoms with Crippen LogP contribution in [0, 0.1) is 0 Å². The van der Waals surface area contributed by atoms with E-state index < -0.39 is 5.91 Å². The van der Waals surface area contributed by atoms with Crippen LogP contribution >= 0.6 is 0 Å². The van der Waals surface area contributed by atoms with Gasteiger partial charge in [-0.25, -0.2) is 5.48 Å². The van der Waals surface area contributed by atoms with Gasteiger partial charge in [0.05, 0.1) is 11.4 Å². The molecule has 5 nitrogen and oxygen atoms in total. The second kappa shape index (κ2) is 10.2. The molecule has 0 bridgehead atoms. The number of carbonyl (C=O) groups excluding carboxylic acids is 1. The number of hydroxylamine groups is 1. The highest BCUT2D eigenvalue weighted by Crippen LogP contribution is 2.23. The molecule has 4 N–H and O–H groups in total. The summed E-state index contributed by atoms with van der Waals surface area (Å²) < 4.78 is 0. The van der Waals surface area contributed by atoms with Crippen LogP contribution in [0.5, 0.6) is 0 Å². The second-order valence-corrected chi connectivity index (χ2v) is 5.05. The summed E-state index contributed by atoms with van der Waals surface area (Å²) in [5.41, 5.74) is 5.51. The van der Waals surface area contributed by atoms with Crippen LogP contribution in [-0.4, -0.2) is 24.7 Å². The maximum atomic E-state index is 11.0. The summed E-state index contributed by atoms with van der Waals surface area (Å²) in [5, 5.41) is 15.0. The van der Waals surface area contributed by atoms with Crippen molar-refractivity contribution in [3.8, 4) is 0 Å². The summed E-state index contributed by atoms with van der Waals surface area (Å²) in [4.78, 5) is 11.0. The Balaban J connectivity index is 2.61. The monoisotopic (exact) mass is 315 g/mol. The largest absolute Gasteiger partial charge is 0.386 e. The van der Waals surface area contributed by atoms with Crippen molar-refractivity contribution in [1.82, 2.24) is 5.48 Å². The fourth-order valence-electron chi connectivity index (χ4n) is 2.09. The minimum atomic E-state index is -0.556. The minimum Gasteiger partial charge on any atom is -0.386 e. The minimum absolute atomic E-state index is 0.556. The summed E-state index contributed by atoms with van der Waals surface area (Å²) in [6.45, 7) is 6.83. The Morgan fingerprint density at radius 1 is 1.30 bits per heavy atom. The number of allylic oxidation sites excluding steroid dienone is 3. The molecule has 23 heavy (non-hydrogen) atoms. The fourth-order valence-corrected chi connectivity index (χ4v) is 2.09. The van der Waals surface area contributed by atoms with Crippen molar-refractivity contribution in [2.75, 3.05) is 24.2 Å². The van der Waals surface area contributed by atoms with Gasteiger partial charge in [0.2, 0.25) is 0 Å². The molecule has 0 atom stereocenters. The molecule has 0 aliphatic carbocycles. The molecule has 0 aromatic heterocycles. The predicted molar refractivity (Wildman–Crippen MR) is 96.6 cm³/mol. The molecular formula is C18H25N3O2. The van der Waals surface area contributed by atoms with Crippen LogP contribution in [-0.2, 0) is 4.79 Å². The highest BCUT2D eigenvalue weighted by Gasteiger charge is 2.02. The zero-order valence-electron chi connectivity index (χ0n) is 13.7. The summed E-state index contributed by atoms with van der Waals surface area (Å²) in [5.74, 6) is -0.556. The summed E-state index contributed by atoms with van der Waals surface area (Å²) in [7, 11) is 1.85. The van der Waals surface area contributed by atoms with E-state index in [0.717, 1.165) is 41.9 Å². The molecule has 0 aliphatic heterocycles. The van der Waals surface area contributed by atoms with Gasteiger partial charge in [-0.3, -0.25) is 10.0 Å². The van der Waals surface area contributed by atoms with E-state index >= 15 is 0 Å². The molecule has 0 heterocycles. The maximum absolute atomic E-state index is 11.0. The topological polar surface area (TPSA) is 73.4 Å². The Morgan fingerprint density at radius 2 is 2.09 bits per heavy atom. The summed E-state index contributed by atoms with van der Waals surface area (Å²) >= 11 is 0. The van der Waals surface area contributed by atoms with Crippen molar-refractivity contribution in [2.24, 2.45) is 0 Å². The van der Waals surface area contributed by atoms with E-state index in [1.165, 1.54) is 6.08 Å². The number of benzene rings is 1. The van der Waals surface area contributed by atoms with Crippen LogP contribution in [0.2, 0.25) is 0 Å². The molecule has 1 amide bonds. The predicted octanol–water partition coefficient (Wildman–Crippen LogP) is 3.57. The lowest BCUT2D eigenvalue weighted by Crippen LogP contribution is -2.14. The van der Waals surface area contributed by atoms with E-state index in [-0.39, 0.29) is 0 Å². The van der Waals surface area contributed by atoms with Crippen LogP contribution in [0.1, 0.15) is 25.3 Å². The molecule has 0 unspecified atom stereocenters. The van der Waals surface area contributed by atoms with Gasteiger partial charge < -0.3 is 10.6 Å². The number of carbonyl (C=O) groups is 1. The fraction of sp³-hybridized carbons (Fsp3) is 0.278. The number of amides is 1. The lowest BCUT2D eigenvalue weighted by molar-refractivity contribution is -0.124. The van der Waals surface area contributed by atoms with Gasteiger partial charge in [0.15, 0.2) is 0 Å². The van der Waals surface area contributed by atoms with Gasteiger partial charge in [0.25, 0.3) is 5.91 Å². The molecule has 0 saturated heterocycles. The van der Waals surface area contributed by atoms with Crippen molar-refractivity contribution in [1.29, 1.82) is 0 Å². The van der Waals surface area contributed by atoms with E-state index in [4.69, 9.17) is 5.21 Å². The van der Waals surface area contributed by atoms with Crippen molar-refractivity contribution < 1.29 is 10.0 Å². The van der Waals surface area contributed by atoms with Crippen LogP contribution < -0.4 is 16.1 Å². The highest BCUT2D eigenvalue weighted by atomic mass is 16.5. The van der Waals surface area contributed by atoms with Gasteiger partial charge in [-0.05, 0) is 43.5 Å². The van der Waals surface area contributed by atoms with Crippen molar-refractivity contribution in [2.45, 2.75) is 19.8 Å². The number of hydrogen-bond donors (Lipinski definition) is 4. The molecule has 5 heteroatoms. The molecular weight excluding hydrogens is 290 g/mol. The van der Waals surface area contributed by atoms with E-state index in [1.807, 2.05) is 44.3 Å². The summed E-state index contributed by atoms with van der Waals surface area (Å²) in [6.07, 6.45) is 8.90. The van der Waals surface area contributed by atoms with Crippen molar-refractivity contribution in [3.63, 3.8) is 0 Å². The third-order valence-corrected chi connectivity index (χ3v) is 3.24. The van der Waals surface area contributed by atoms with Crippen LogP contribution in [0.3, 0.4) is 0 Å². The molecule has 0 fully saturated rings. The smallest absolute Gasteiger partial charge is 0.267 e. The van der Waals surface area contributed by atoms with Crippen molar-refractivity contribution >= 4 is 23.4 Å². The zero-order valence-corrected chi connectivity index (χ0v) is 13.7. The maximum Gasteiger partial charge on any atom is 0.267 e. The average Bonchev–Trinajstić information content (AvgIpc) is 2.57. The standard InChI is InChI=1S/C18H25N3O2/c1-4-6-14(2)7-5-12-20-16-10-8-15(13-17(16)19-3)9-11-18(22)21-23/h4,6,8-11,13,19-20,23H,2,5,7,12H2,1,3H3,(H,21,22)/b6-4-,11-9+. The Bertz CT molecular complexity index is 592. The first-order valence-corrected chi connectivity index (χ1v) is 7.59. The van der Waals surface area contributed by atoms with E-state index in [0.29, 0.717) is 0 Å². The van der Waals surface area contributed by atoms with Crippen LogP contribution in [0.25, 0.3) is 6.08 Å². The Morgan fingerprint density at radius 3 is 2.74 bits per heavy atom. The first-order chi connectivity index (χ1) is 11.1. The lowest BCUT2D eigenvalue weighted by Gasteiger charge is -2.12. The molecule has 0 saturated carbocycles. The van der Waals surface area contributed by atoms with Crippen molar-refractivity contribution in [3.05, 3.63) is 54.1 Å². The van der Waals surface area contributed by atoms with Gasteiger partial charge in [0, 0.05) is 19.7 Å². The molecule has 1 aromatic carbocycles. The second-order valence-electron chi connectivity index (χ2n) is 5.05. The molecule has 124 valence electrons. The van der Waals surface area contributed by atoms with Gasteiger partial charge in [-0.2, -0.15) is 0 Å². The molecule has 1 aromatic rings. The van der Waals surface area contributed by atoms with E-state index in [9.17, 15) is 4.79 Å². The number of nitrogens with one attached hydrogen (secondary N) is 3. The van der Waals surface area contributed by atoms with Gasteiger partial charge in [0.1, 0.15) is 0 Å². The molecule has 0 spiro atoms. The SMILES string of the molecule is C=C(/C=C\C)CCCNc1ccc(/C=C/C(=O)NO)cc1NC. The Kier molecular flexibility index (Phi) is 8.24. The number of rotatable bonds is 9. The van der Waals surface area contributed by atoms with E-state index in [2.05, 4.69) is 17.2 Å².